The van der Waals surface area contributed by atoms with Crippen LogP contribution >= 0.6 is 0 Å². The first kappa shape index (κ1) is 14.4. The molecule has 1 aromatic heterocycles. The van der Waals surface area contributed by atoms with E-state index in [9.17, 15) is 4.79 Å². The maximum atomic E-state index is 12.4. The summed E-state index contributed by atoms with van der Waals surface area (Å²) in [6.07, 6.45) is 2.29. The molecule has 0 spiro atoms. The van der Waals surface area contributed by atoms with Gasteiger partial charge in [-0.2, -0.15) is 0 Å². The van der Waals surface area contributed by atoms with Gasteiger partial charge < -0.3 is 14.1 Å². The number of carbonyl (C=O) groups excluding carboxylic acids is 1. The van der Waals surface area contributed by atoms with E-state index in [1.54, 1.807) is 12.3 Å². The zero-order valence-corrected chi connectivity index (χ0v) is 12.5. The van der Waals surface area contributed by atoms with Crippen molar-refractivity contribution in [3.63, 3.8) is 0 Å². The van der Waals surface area contributed by atoms with Crippen LogP contribution in [0.15, 0.2) is 22.8 Å². The maximum Gasteiger partial charge on any atom is 0.410 e. The number of nitrogens with one attached hydrogen (secondary N) is 2. The summed E-state index contributed by atoms with van der Waals surface area (Å²) in [5.41, 5.74) is 0. The van der Waals surface area contributed by atoms with Crippen LogP contribution < -0.4 is 10.6 Å². The number of nitrogens with zero attached hydrogens (tertiary/aromatic N) is 1. The van der Waals surface area contributed by atoms with Crippen LogP contribution in [0.5, 0.6) is 0 Å². The standard InChI is InChI=1S/C15H23N3O3/c1-10(2)14-13-12(16-9-17-13)5-6-18(14)15(19)21-8-11-4-3-7-20-11/h3-4,7,10,12-14,16-17H,5-6,8-9H2,1-2H3. The van der Waals surface area contributed by atoms with Crippen LogP contribution in [0.25, 0.3) is 0 Å². The van der Waals surface area contributed by atoms with E-state index in [1.807, 2.05) is 11.0 Å². The number of hydrogen-bond donors (Lipinski definition) is 2. The summed E-state index contributed by atoms with van der Waals surface area (Å²) in [5.74, 6) is 1.04. The molecular weight excluding hydrogens is 270 g/mol. The van der Waals surface area contributed by atoms with Gasteiger partial charge in [-0.25, -0.2) is 4.79 Å². The predicted molar refractivity (Wildman–Crippen MR) is 77.6 cm³/mol. The lowest BCUT2D eigenvalue weighted by Gasteiger charge is -2.43. The highest BCUT2D eigenvalue weighted by atomic mass is 16.6. The first-order valence-corrected chi connectivity index (χ1v) is 7.59. The maximum absolute atomic E-state index is 12.4. The number of fused-ring (bicyclic) bond motifs is 1. The third kappa shape index (κ3) is 2.91. The highest BCUT2D eigenvalue weighted by molar-refractivity contribution is 5.68. The van der Waals surface area contributed by atoms with Gasteiger partial charge in [0.05, 0.1) is 12.3 Å². The number of piperidine rings is 1. The van der Waals surface area contributed by atoms with Crippen molar-refractivity contribution in [1.29, 1.82) is 0 Å². The lowest BCUT2D eigenvalue weighted by molar-refractivity contribution is 0.0391. The van der Waals surface area contributed by atoms with Crippen molar-refractivity contribution in [3.05, 3.63) is 24.2 Å². The van der Waals surface area contributed by atoms with Crippen molar-refractivity contribution in [1.82, 2.24) is 15.5 Å². The van der Waals surface area contributed by atoms with Crippen LogP contribution in [0, 0.1) is 5.92 Å². The minimum Gasteiger partial charge on any atom is -0.466 e. The summed E-state index contributed by atoms with van der Waals surface area (Å²) in [6, 6.07) is 4.51. The van der Waals surface area contributed by atoms with Gasteiger partial charge in [0.15, 0.2) is 6.61 Å². The summed E-state index contributed by atoms with van der Waals surface area (Å²) >= 11 is 0. The van der Waals surface area contributed by atoms with Gasteiger partial charge in [-0.1, -0.05) is 13.8 Å². The summed E-state index contributed by atoms with van der Waals surface area (Å²) in [6.45, 7) is 6.04. The van der Waals surface area contributed by atoms with E-state index >= 15 is 0 Å². The molecule has 3 atom stereocenters. The fourth-order valence-corrected chi connectivity index (χ4v) is 3.44. The van der Waals surface area contributed by atoms with Crippen LogP contribution in [-0.4, -0.2) is 42.3 Å². The average molecular weight is 293 g/mol. The summed E-state index contributed by atoms with van der Waals surface area (Å²) in [4.78, 5) is 14.3. The van der Waals surface area contributed by atoms with Crippen molar-refractivity contribution in [2.45, 2.75) is 45.0 Å². The highest BCUT2D eigenvalue weighted by Gasteiger charge is 2.44. The van der Waals surface area contributed by atoms with Crippen LogP contribution in [0.3, 0.4) is 0 Å². The Morgan fingerprint density at radius 3 is 3.10 bits per heavy atom. The van der Waals surface area contributed by atoms with Crippen LogP contribution in [0.2, 0.25) is 0 Å². The molecule has 3 rings (SSSR count). The molecule has 2 N–H and O–H groups in total. The van der Waals surface area contributed by atoms with Crippen LogP contribution in [-0.2, 0) is 11.3 Å². The van der Waals surface area contributed by atoms with E-state index < -0.39 is 0 Å². The second-order valence-corrected chi connectivity index (χ2v) is 6.07. The summed E-state index contributed by atoms with van der Waals surface area (Å²) < 4.78 is 10.6. The molecule has 1 aromatic rings. The molecule has 6 heteroatoms. The topological polar surface area (TPSA) is 66.7 Å². The first-order valence-electron chi connectivity index (χ1n) is 7.59. The Morgan fingerprint density at radius 1 is 1.52 bits per heavy atom. The summed E-state index contributed by atoms with van der Waals surface area (Å²) in [5, 5.41) is 6.92. The minimum absolute atomic E-state index is 0.155. The van der Waals surface area contributed by atoms with Crippen molar-refractivity contribution < 1.29 is 13.9 Å². The SMILES string of the molecule is CC(C)C1C2NCNC2CCN1C(=O)OCc1ccco1. The number of hydrogen-bond acceptors (Lipinski definition) is 5. The molecule has 0 aromatic carbocycles. The van der Waals surface area contributed by atoms with Gasteiger partial charge in [0.25, 0.3) is 0 Å². The molecule has 0 bridgehead atoms. The Hall–Kier alpha value is -1.53. The Morgan fingerprint density at radius 2 is 2.38 bits per heavy atom. The lowest BCUT2D eigenvalue weighted by atomic mass is 9.86. The highest BCUT2D eigenvalue weighted by Crippen LogP contribution is 2.27. The molecule has 116 valence electrons. The van der Waals surface area contributed by atoms with E-state index in [0.717, 1.165) is 19.6 Å². The normalized spacial score (nSPS) is 28.7. The Bertz CT molecular complexity index is 475. The molecule has 6 nitrogen and oxygen atoms in total. The van der Waals surface area contributed by atoms with Gasteiger partial charge in [0.2, 0.25) is 0 Å². The van der Waals surface area contributed by atoms with Gasteiger partial charge in [0.1, 0.15) is 5.76 Å². The monoisotopic (exact) mass is 293 g/mol. The minimum atomic E-state index is -0.253. The van der Waals surface area contributed by atoms with Crippen molar-refractivity contribution in [3.8, 4) is 0 Å². The smallest absolute Gasteiger partial charge is 0.410 e. The molecule has 21 heavy (non-hydrogen) atoms. The fourth-order valence-electron chi connectivity index (χ4n) is 3.44. The van der Waals surface area contributed by atoms with E-state index in [0.29, 0.717) is 23.8 Å². The molecule has 3 unspecified atom stereocenters. The zero-order chi connectivity index (χ0) is 14.8. The Balaban J connectivity index is 1.65. The first-order chi connectivity index (χ1) is 10.2. The van der Waals surface area contributed by atoms with Crippen molar-refractivity contribution in [2.75, 3.05) is 13.2 Å². The Kier molecular flexibility index (Phi) is 4.17. The average Bonchev–Trinajstić information content (AvgIpc) is 3.14. The largest absolute Gasteiger partial charge is 0.466 e. The molecular formula is C15H23N3O3. The molecule has 2 aliphatic rings. The second-order valence-electron chi connectivity index (χ2n) is 6.07. The van der Waals surface area contributed by atoms with Crippen molar-refractivity contribution in [2.24, 2.45) is 5.92 Å². The number of carbonyl (C=O) groups is 1. The third-order valence-corrected chi connectivity index (χ3v) is 4.38. The number of ether oxygens (including phenoxy) is 1. The molecule has 0 aliphatic carbocycles. The quantitative estimate of drug-likeness (QED) is 0.885. The van der Waals surface area contributed by atoms with Gasteiger partial charge >= 0.3 is 6.09 Å². The molecule has 1 amide bonds. The van der Waals surface area contributed by atoms with E-state index in [4.69, 9.17) is 9.15 Å². The van der Waals surface area contributed by atoms with Gasteiger partial charge in [-0.3, -0.25) is 10.6 Å². The number of likely N-dealkylation sites (tertiary alicyclic amines) is 1. The van der Waals surface area contributed by atoms with Crippen LogP contribution in [0.4, 0.5) is 4.79 Å². The molecule has 3 heterocycles. The second kappa shape index (κ2) is 6.07. The third-order valence-electron chi connectivity index (χ3n) is 4.38. The molecule has 0 saturated carbocycles. The van der Waals surface area contributed by atoms with E-state index in [-0.39, 0.29) is 18.7 Å². The lowest BCUT2D eigenvalue weighted by Crippen LogP contribution is -2.61. The predicted octanol–water partition coefficient (Wildman–Crippen LogP) is 1.53. The van der Waals surface area contributed by atoms with Gasteiger partial charge in [-0.15, -0.1) is 0 Å². The molecule has 2 fully saturated rings. The Labute approximate surface area is 124 Å². The van der Waals surface area contributed by atoms with Crippen molar-refractivity contribution >= 4 is 6.09 Å². The van der Waals surface area contributed by atoms with Gasteiger partial charge in [-0.05, 0) is 24.5 Å². The number of rotatable bonds is 3. The van der Waals surface area contributed by atoms with E-state index in [1.165, 1.54) is 0 Å². The molecule has 0 radical (unpaired) electrons. The zero-order valence-electron chi connectivity index (χ0n) is 12.5. The van der Waals surface area contributed by atoms with E-state index in [2.05, 4.69) is 24.5 Å². The van der Waals surface area contributed by atoms with Gasteiger partial charge in [0, 0.05) is 25.3 Å². The van der Waals surface area contributed by atoms with Crippen LogP contribution in [0.1, 0.15) is 26.0 Å². The number of furan rings is 1. The fraction of sp³-hybridized carbons (Fsp3) is 0.667. The number of amides is 1. The summed E-state index contributed by atoms with van der Waals surface area (Å²) in [7, 11) is 0. The molecule has 2 aliphatic heterocycles. The molecule has 2 saturated heterocycles.